The Labute approximate surface area is 181 Å². The third-order valence-electron chi connectivity index (χ3n) is 4.93. The molecule has 0 amide bonds. The molecule has 150 valence electrons. The number of aromatic nitrogens is 2. The molecule has 0 radical (unpaired) electrons. The lowest BCUT2D eigenvalue weighted by atomic mass is 10.1. The van der Waals surface area contributed by atoms with Crippen LogP contribution in [0.2, 0.25) is 0 Å². The molecule has 0 saturated heterocycles. The molecule has 0 bridgehead atoms. The van der Waals surface area contributed by atoms with Gasteiger partial charge in [0.15, 0.2) is 5.43 Å². The van der Waals surface area contributed by atoms with Gasteiger partial charge in [-0.25, -0.2) is 0 Å². The van der Waals surface area contributed by atoms with Gasteiger partial charge in [-0.15, -0.1) is 11.8 Å². The molecule has 0 spiro atoms. The van der Waals surface area contributed by atoms with Crippen LogP contribution in [0.3, 0.4) is 0 Å². The lowest BCUT2D eigenvalue weighted by Gasteiger charge is -2.10. The van der Waals surface area contributed by atoms with Crippen LogP contribution in [0, 0.1) is 0 Å². The van der Waals surface area contributed by atoms with Gasteiger partial charge in [0.1, 0.15) is 5.82 Å². The highest BCUT2D eigenvalue weighted by atomic mass is 79.9. The van der Waals surface area contributed by atoms with Crippen molar-refractivity contribution in [1.82, 2.24) is 15.3 Å². The summed E-state index contributed by atoms with van der Waals surface area (Å²) in [6, 6.07) is 13.6. The van der Waals surface area contributed by atoms with E-state index in [-0.39, 0.29) is 5.43 Å². The maximum absolute atomic E-state index is 12.2. The van der Waals surface area contributed by atoms with Crippen LogP contribution in [0.5, 0.6) is 0 Å². The molecule has 0 atom stereocenters. The van der Waals surface area contributed by atoms with Crippen LogP contribution < -0.4 is 16.1 Å². The first kappa shape index (κ1) is 20.1. The fraction of sp³-hybridized carbons (Fsp3) is 0.227. The first-order chi connectivity index (χ1) is 14.2. The van der Waals surface area contributed by atoms with Crippen LogP contribution in [0.4, 0.5) is 5.82 Å². The van der Waals surface area contributed by atoms with Gasteiger partial charge in [-0.2, -0.15) is 0 Å². The number of para-hydroxylation sites is 1. The molecule has 5 nitrogen and oxygen atoms in total. The Morgan fingerprint density at radius 2 is 1.97 bits per heavy atom. The van der Waals surface area contributed by atoms with Crippen molar-refractivity contribution in [2.45, 2.75) is 17.9 Å². The van der Waals surface area contributed by atoms with Gasteiger partial charge in [0, 0.05) is 45.5 Å². The number of halogens is 1. The maximum Gasteiger partial charge on any atom is 0.191 e. The molecule has 2 aromatic carbocycles. The minimum Gasteiger partial charge on any atom is -0.371 e. The van der Waals surface area contributed by atoms with Crippen LogP contribution in [-0.2, 0) is 6.54 Å². The summed E-state index contributed by atoms with van der Waals surface area (Å²) in [6.45, 7) is 2.48. The smallest absolute Gasteiger partial charge is 0.191 e. The van der Waals surface area contributed by atoms with Crippen molar-refractivity contribution in [2.24, 2.45) is 0 Å². The minimum absolute atomic E-state index is 0.0368. The SMILES string of the molecule is CSc1cc(CNCCCNc2cc(=O)c3ccccc3[nH]2)c2[nH]cc(Br)c2c1. The van der Waals surface area contributed by atoms with E-state index in [1.54, 1.807) is 17.8 Å². The van der Waals surface area contributed by atoms with E-state index in [2.05, 4.69) is 54.9 Å². The summed E-state index contributed by atoms with van der Waals surface area (Å²) in [5, 5.41) is 8.78. The molecule has 0 fully saturated rings. The number of nitrogens with one attached hydrogen (secondary N) is 4. The Kier molecular flexibility index (Phi) is 6.28. The second-order valence-electron chi connectivity index (χ2n) is 6.90. The molecular weight excluding hydrogens is 448 g/mol. The first-order valence-electron chi connectivity index (χ1n) is 9.56. The van der Waals surface area contributed by atoms with Crippen LogP contribution in [0.25, 0.3) is 21.8 Å². The Hall–Kier alpha value is -2.22. The lowest BCUT2D eigenvalue weighted by Crippen LogP contribution is -2.18. The van der Waals surface area contributed by atoms with Gasteiger partial charge in [0.25, 0.3) is 0 Å². The van der Waals surface area contributed by atoms with E-state index < -0.39 is 0 Å². The van der Waals surface area contributed by atoms with E-state index in [1.165, 1.54) is 21.4 Å². The van der Waals surface area contributed by atoms with Gasteiger partial charge < -0.3 is 20.6 Å². The Morgan fingerprint density at radius 3 is 2.83 bits per heavy atom. The molecule has 0 aliphatic rings. The molecule has 29 heavy (non-hydrogen) atoms. The van der Waals surface area contributed by atoms with E-state index in [4.69, 9.17) is 0 Å². The van der Waals surface area contributed by atoms with Crippen molar-refractivity contribution in [3.8, 4) is 0 Å². The van der Waals surface area contributed by atoms with Gasteiger partial charge in [0.2, 0.25) is 0 Å². The third kappa shape index (κ3) is 4.52. The molecule has 2 aromatic heterocycles. The van der Waals surface area contributed by atoms with E-state index in [0.717, 1.165) is 47.2 Å². The molecule has 0 unspecified atom stereocenters. The molecule has 4 rings (SSSR count). The van der Waals surface area contributed by atoms with Gasteiger partial charge in [-0.1, -0.05) is 12.1 Å². The summed E-state index contributed by atoms with van der Waals surface area (Å²) in [7, 11) is 0. The number of rotatable bonds is 8. The average Bonchev–Trinajstić information content (AvgIpc) is 3.11. The Bertz CT molecular complexity index is 1200. The molecular formula is C22H23BrN4OS. The molecule has 7 heteroatoms. The quantitative estimate of drug-likeness (QED) is 0.214. The number of anilines is 1. The number of thioether (sulfide) groups is 1. The number of pyridine rings is 1. The van der Waals surface area contributed by atoms with Crippen molar-refractivity contribution < 1.29 is 0 Å². The highest BCUT2D eigenvalue weighted by Gasteiger charge is 2.08. The molecule has 4 N–H and O–H groups in total. The predicted octanol–water partition coefficient (Wildman–Crippen LogP) is 5.09. The number of aromatic amines is 2. The largest absolute Gasteiger partial charge is 0.371 e. The zero-order chi connectivity index (χ0) is 20.2. The topological polar surface area (TPSA) is 72.7 Å². The molecule has 0 aliphatic carbocycles. The standard InChI is InChI=1S/C22H23BrN4OS/c1-29-15-9-14(22-17(10-15)18(23)13-26-22)12-24-7-4-8-25-21-11-20(28)16-5-2-3-6-19(16)27-21/h2-3,5-6,9-11,13,24,26H,4,7-8,12H2,1H3,(H2,25,27,28). The number of hydrogen-bond donors (Lipinski definition) is 4. The average molecular weight is 471 g/mol. The molecule has 0 aliphatic heterocycles. The monoisotopic (exact) mass is 470 g/mol. The fourth-order valence-corrected chi connectivity index (χ4v) is 4.38. The number of H-pyrrole nitrogens is 2. The Balaban J connectivity index is 1.31. The number of fused-ring (bicyclic) bond motifs is 2. The van der Waals surface area contributed by atoms with E-state index >= 15 is 0 Å². The van der Waals surface area contributed by atoms with Gasteiger partial charge in [-0.05, 0) is 65.0 Å². The van der Waals surface area contributed by atoms with E-state index in [1.807, 2.05) is 30.5 Å². The van der Waals surface area contributed by atoms with Gasteiger partial charge >= 0.3 is 0 Å². The summed E-state index contributed by atoms with van der Waals surface area (Å²) in [6.07, 6.45) is 5.04. The highest BCUT2D eigenvalue weighted by molar-refractivity contribution is 9.10. The number of hydrogen-bond acceptors (Lipinski definition) is 4. The minimum atomic E-state index is 0.0368. The predicted molar refractivity (Wildman–Crippen MR) is 127 cm³/mol. The molecule has 2 heterocycles. The Morgan fingerprint density at radius 1 is 1.10 bits per heavy atom. The van der Waals surface area contributed by atoms with Gasteiger partial charge in [0.05, 0.1) is 11.0 Å². The second kappa shape index (κ2) is 9.07. The summed E-state index contributed by atoms with van der Waals surface area (Å²) in [4.78, 5) is 20.1. The first-order valence-corrected chi connectivity index (χ1v) is 11.6. The summed E-state index contributed by atoms with van der Waals surface area (Å²) in [5.41, 5.74) is 3.34. The summed E-state index contributed by atoms with van der Waals surface area (Å²) >= 11 is 5.37. The fourth-order valence-electron chi connectivity index (χ4n) is 3.45. The van der Waals surface area contributed by atoms with Crippen LogP contribution in [0.15, 0.2) is 62.8 Å². The molecule has 0 saturated carbocycles. The maximum atomic E-state index is 12.2. The van der Waals surface area contributed by atoms with Crippen molar-refractivity contribution >= 4 is 55.3 Å². The summed E-state index contributed by atoms with van der Waals surface area (Å²) < 4.78 is 1.10. The van der Waals surface area contributed by atoms with E-state index in [0.29, 0.717) is 0 Å². The van der Waals surface area contributed by atoms with Crippen molar-refractivity contribution in [3.05, 3.63) is 68.9 Å². The summed E-state index contributed by atoms with van der Waals surface area (Å²) in [5.74, 6) is 0.763. The van der Waals surface area contributed by atoms with Crippen molar-refractivity contribution in [3.63, 3.8) is 0 Å². The second-order valence-corrected chi connectivity index (χ2v) is 8.63. The van der Waals surface area contributed by atoms with Crippen LogP contribution in [-0.4, -0.2) is 29.3 Å². The van der Waals surface area contributed by atoms with Crippen molar-refractivity contribution in [1.29, 1.82) is 0 Å². The lowest BCUT2D eigenvalue weighted by molar-refractivity contribution is 0.664. The zero-order valence-corrected chi connectivity index (χ0v) is 18.5. The normalized spacial score (nSPS) is 11.4. The zero-order valence-electron chi connectivity index (χ0n) is 16.1. The van der Waals surface area contributed by atoms with E-state index in [9.17, 15) is 4.79 Å². The van der Waals surface area contributed by atoms with Crippen LogP contribution in [0.1, 0.15) is 12.0 Å². The molecule has 4 aromatic rings. The van der Waals surface area contributed by atoms with Crippen LogP contribution >= 0.6 is 27.7 Å². The van der Waals surface area contributed by atoms with Gasteiger partial charge in [-0.3, -0.25) is 4.79 Å². The third-order valence-corrected chi connectivity index (χ3v) is 6.29. The number of benzene rings is 2. The van der Waals surface area contributed by atoms with Crippen molar-refractivity contribution in [2.75, 3.05) is 24.7 Å². The highest BCUT2D eigenvalue weighted by Crippen LogP contribution is 2.30.